The quantitative estimate of drug-likeness (QED) is 0.763. The van der Waals surface area contributed by atoms with Crippen molar-refractivity contribution in [2.24, 2.45) is 0 Å². The van der Waals surface area contributed by atoms with Crippen molar-refractivity contribution in [1.29, 1.82) is 0 Å². The normalized spacial score (nSPS) is 10.7. The van der Waals surface area contributed by atoms with Crippen molar-refractivity contribution in [2.45, 2.75) is 13.5 Å². The van der Waals surface area contributed by atoms with Gasteiger partial charge in [0.05, 0.1) is 12.1 Å². The lowest BCUT2D eigenvalue weighted by atomic mass is 10.2. The average Bonchev–Trinajstić information content (AvgIpc) is 2.48. The molecule has 0 atom stereocenters. The van der Waals surface area contributed by atoms with Gasteiger partial charge in [0.15, 0.2) is 0 Å². The number of aromatic hydroxyl groups is 1. The molecule has 0 radical (unpaired) electrons. The molecule has 0 aliphatic heterocycles. The van der Waals surface area contributed by atoms with Crippen molar-refractivity contribution in [3.8, 4) is 5.75 Å². The van der Waals surface area contributed by atoms with Crippen molar-refractivity contribution >= 4 is 16.6 Å². The van der Waals surface area contributed by atoms with E-state index in [0.29, 0.717) is 12.2 Å². The van der Waals surface area contributed by atoms with Crippen LogP contribution in [-0.4, -0.2) is 15.1 Å². The highest BCUT2D eigenvalue weighted by Gasteiger charge is 2.05. The first-order valence-corrected chi connectivity index (χ1v) is 6.47. The standard InChI is InChI=1S/C16H15N3O/c1-11-7-8-16(20)15(19-11)10-18-14-6-2-5-13-12(14)4-3-9-17-13/h2-9,18,20H,10H2,1H3. The van der Waals surface area contributed by atoms with E-state index >= 15 is 0 Å². The van der Waals surface area contributed by atoms with Crippen LogP contribution < -0.4 is 5.32 Å². The van der Waals surface area contributed by atoms with Gasteiger partial charge in [0.2, 0.25) is 0 Å². The summed E-state index contributed by atoms with van der Waals surface area (Å²) in [5, 5.41) is 14.2. The van der Waals surface area contributed by atoms with Gasteiger partial charge in [-0.05, 0) is 43.3 Å². The maximum Gasteiger partial charge on any atom is 0.138 e. The van der Waals surface area contributed by atoms with E-state index in [4.69, 9.17) is 0 Å². The molecule has 0 unspecified atom stereocenters. The molecule has 0 saturated carbocycles. The maximum atomic E-state index is 9.81. The second-order valence-electron chi connectivity index (χ2n) is 4.65. The number of hydrogen-bond donors (Lipinski definition) is 2. The van der Waals surface area contributed by atoms with Crippen LogP contribution in [0.1, 0.15) is 11.4 Å². The molecule has 2 N–H and O–H groups in total. The molecular formula is C16H15N3O. The summed E-state index contributed by atoms with van der Waals surface area (Å²) in [5.74, 6) is 0.210. The zero-order valence-corrected chi connectivity index (χ0v) is 11.2. The molecule has 0 bridgehead atoms. The van der Waals surface area contributed by atoms with Gasteiger partial charge in [-0.3, -0.25) is 9.97 Å². The second-order valence-corrected chi connectivity index (χ2v) is 4.65. The number of rotatable bonds is 3. The third kappa shape index (κ3) is 2.40. The minimum absolute atomic E-state index is 0.210. The van der Waals surface area contributed by atoms with Crippen LogP contribution in [-0.2, 0) is 6.54 Å². The van der Waals surface area contributed by atoms with Gasteiger partial charge in [-0.15, -0.1) is 0 Å². The molecule has 3 aromatic rings. The lowest BCUT2D eigenvalue weighted by molar-refractivity contribution is 0.464. The molecule has 0 amide bonds. The summed E-state index contributed by atoms with van der Waals surface area (Å²) in [6.07, 6.45) is 1.78. The molecule has 4 heteroatoms. The molecule has 0 aliphatic carbocycles. The lowest BCUT2D eigenvalue weighted by Gasteiger charge is -2.10. The molecular weight excluding hydrogens is 250 g/mol. The Morgan fingerprint density at radius 2 is 2.00 bits per heavy atom. The Balaban J connectivity index is 1.89. The van der Waals surface area contributed by atoms with Gasteiger partial charge in [-0.2, -0.15) is 0 Å². The SMILES string of the molecule is Cc1ccc(O)c(CNc2cccc3ncccc23)n1. The molecule has 20 heavy (non-hydrogen) atoms. The Labute approximate surface area is 117 Å². The van der Waals surface area contributed by atoms with Crippen molar-refractivity contribution in [1.82, 2.24) is 9.97 Å². The Morgan fingerprint density at radius 3 is 2.90 bits per heavy atom. The van der Waals surface area contributed by atoms with E-state index in [0.717, 1.165) is 22.3 Å². The van der Waals surface area contributed by atoms with E-state index in [2.05, 4.69) is 15.3 Å². The van der Waals surface area contributed by atoms with Gasteiger partial charge in [0.1, 0.15) is 11.4 Å². The Bertz CT molecular complexity index is 750. The molecule has 2 aromatic heterocycles. The number of anilines is 1. The third-order valence-corrected chi connectivity index (χ3v) is 3.18. The number of nitrogens with one attached hydrogen (secondary N) is 1. The fourth-order valence-corrected chi connectivity index (χ4v) is 2.17. The Morgan fingerprint density at radius 1 is 1.10 bits per heavy atom. The minimum atomic E-state index is 0.210. The van der Waals surface area contributed by atoms with E-state index in [-0.39, 0.29) is 5.75 Å². The fraction of sp³-hybridized carbons (Fsp3) is 0.125. The highest BCUT2D eigenvalue weighted by molar-refractivity contribution is 5.91. The van der Waals surface area contributed by atoms with Crippen LogP contribution in [0, 0.1) is 6.92 Å². The molecule has 0 saturated heterocycles. The molecule has 0 aliphatic rings. The lowest BCUT2D eigenvalue weighted by Crippen LogP contribution is -2.03. The van der Waals surface area contributed by atoms with Crippen LogP contribution in [0.4, 0.5) is 5.69 Å². The summed E-state index contributed by atoms with van der Waals surface area (Å²) in [7, 11) is 0. The third-order valence-electron chi connectivity index (χ3n) is 3.18. The van der Waals surface area contributed by atoms with Gasteiger partial charge >= 0.3 is 0 Å². The van der Waals surface area contributed by atoms with Crippen molar-refractivity contribution in [3.05, 3.63) is 60.0 Å². The van der Waals surface area contributed by atoms with Crippen molar-refractivity contribution in [3.63, 3.8) is 0 Å². The van der Waals surface area contributed by atoms with E-state index < -0.39 is 0 Å². The summed E-state index contributed by atoms with van der Waals surface area (Å²) in [4.78, 5) is 8.66. The fourth-order valence-electron chi connectivity index (χ4n) is 2.17. The zero-order chi connectivity index (χ0) is 13.9. The first-order chi connectivity index (χ1) is 9.74. The average molecular weight is 265 g/mol. The van der Waals surface area contributed by atoms with E-state index in [9.17, 15) is 5.11 Å². The van der Waals surface area contributed by atoms with E-state index in [1.54, 1.807) is 18.3 Å². The van der Waals surface area contributed by atoms with Gasteiger partial charge in [-0.1, -0.05) is 6.07 Å². The van der Waals surface area contributed by atoms with Crippen molar-refractivity contribution < 1.29 is 5.11 Å². The van der Waals surface area contributed by atoms with Crippen LogP contribution in [0.2, 0.25) is 0 Å². The predicted molar refractivity (Wildman–Crippen MR) is 79.7 cm³/mol. The molecule has 0 spiro atoms. The summed E-state index contributed by atoms with van der Waals surface area (Å²) in [5.41, 5.74) is 3.46. The molecule has 4 nitrogen and oxygen atoms in total. The number of fused-ring (bicyclic) bond motifs is 1. The molecule has 2 heterocycles. The predicted octanol–water partition coefficient (Wildman–Crippen LogP) is 3.26. The molecule has 100 valence electrons. The van der Waals surface area contributed by atoms with Gasteiger partial charge in [-0.25, -0.2) is 0 Å². The second kappa shape index (κ2) is 5.17. The van der Waals surface area contributed by atoms with E-state index in [1.807, 2.05) is 37.3 Å². The van der Waals surface area contributed by atoms with Crippen LogP contribution in [0.5, 0.6) is 5.75 Å². The number of benzene rings is 1. The number of aromatic nitrogens is 2. The van der Waals surface area contributed by atoms with Gasteiger partial charge in [0.25, 0.3) is 0 Å². The Hall–Kier alpha value is -2.62. The summed E-state index contributed by atoms with van der Waals surface area (Å²) >= 11 is 0. The monoisotopic (exact) mass is 265 g/mol. The highest BCUT2D eigenvalue weighted by atomic mass is 16.3. The van der Waals surface area contributed by atoms with Crippen molar-refractivity contribution in [2.75, 3.05) is 5.32 Å². The molecule has 3 rings (SSSR count). The molecule has 1 aromatic carbocycles. The minimum Gasteiger partial charge on any atom is -0.506 e. The van der Waals surface area contributed by atoms with Gasteiger partial charge < -0.3 is 10.4 Å². The summed E-state index contributed by atoms with van der Waals surface area (Å²) < 4.78 is 0. The molecule has 0 fully saturated rings. The number of aryl methyl sites for hydroxylation is 1. The highest BCUT2D eigenvalue weighted by Crippen LogP contribution is 2.23. The number of hydrogen-bond acceptors (Lipinski definition) is 4. The first-order valence-electron chi connectivity index (χ1n) is 6.47. The summed E-state index contributed by atoms with van der Waals surface area (Å²) in [6.45, 7) is 2.38. The summed E-state index contributed by atoms with van der Waals surface area (Å²) in [6, 6.07) is 13.3. The van der Waals surface area contributed by atoms with Crippen LogP contribution >= 0.6 is 0 Å². The first kappa shape index (κ1) is 12.4. The smallest absolute Gasteiger partial charge is 0.138 e. The van der Waals surface area contributed by atoms with Crippen LogP contribution in [0.15, 0.2) is 48.7 Å². The van der Waals surface area contributed by atoms with E-state index in [1.165, 1.54) is 0 Å². The van der Waals surface area contributed by atoms with Crippen LogP contribution in [0.3, 0.4) is 0 Å². The maximum absolute atomic E-state index is 9.81. The van der Waals surface area contributed by atoms with Crippen LogP contribution in [0.25, 0.3) is 10.9 Å². The number of pyridine rings is 2. The zero-order valence-electron chi connectivity index (χ0n) is 11.2. The number of nitrogens with zero attached hydrogens (tertiary/aromatic N) is 2. The Kier molecular flexibility index (Phi) is 3.21. The largest absolute Gasteiger partial charge is 0.506 e. The topological polar surface area (TPSA) is 58.0 Å². The van der Waals surface area contributed by atoms with Gasteiger partial charge in [0, 0.05) is 23.0 Å².